The Kier molecular flexibility index (Phi) is 7.56. The van der Waals surface area contributed by atoms with Crippen molar-refractivity contribution in [2.45, 2.75) is 23.4 Å². The maximum absolute atomic E-state index is 12.8. The molecule has 144 valence electrons. The van der Waals surface area contributed by atoms with Crippen molar-refractivity contribution in [1.82, 2.24) is 14.9 Å². The van der Waals surface area contributed by atoms with Crippen molar-refractivity contribution in [1.29, 1.82) is 0 Å². The number of aromatic nitrogens is 2. The Bertz CT molecular complexity index is 884. The van der Waals surface area contributed by atoms with Gasteiger partial charge in [0.25, 0.3) is 5.91 Å². The predicted molar refractivity (Wildman–Crippen MR) is 115 cm³/mol. The number of aromatic amines is 1. The summed E-state index contributed by atoms with van der Waals surface area (Å²) in [5.74, 6) is 0.774. The van der Waals surface area contributed by atoms with E-state index in [2.05, 4.69) is 9.97 Å². The Morgan fingerprint density at radius 1 is 1.19 bits per heavy atom. The van der Waals surface area contributed by atoms with E-state index in [0.717, 1.165) is 40.3 Å². The van der Waals surface area contributed by atoms with E-state index < -0.39 is 0 Å². The normalized spacial score (nSPS) is 16.0. The highest BCUT2D eigenvalue weighted by molar-refractivity contribution is 7.98. The molecule has 2 heterocycles. The number of benzene rings is 2. The van der Waals surface area contributed by atoms with E-state index in [1.807, 2.05) is 53.4 Å². The minimum Gasteiger partial charge on any atom is -0.337 e. The molecule has 2 aromatic carbocycles. The van der Waals surface area contributed by atoms with E-state index >= 15 is 0 Å². The maximum atomic E-state index is 12.8. The summed E-state index contributed by atoms with van der Waals surface area (Å²) in [7, 11) is 0. The van der Waals surface area contributed by atoms with Crippen LogP contribution in [0.5, 0.6) is 0 Å². The first-order valence-electron chi connectivity index (χ1n) is 8.41. The van der Waals surface area contributed by atoms with E-state index in [4.69, 9.17) is 5.73 Å². The lowest BCUT2D eigenvalue weighted by atomic mass is 10.1. The number of nitrogens with two attached hydrogens (primary N) is 1. The molecule has 0 radical (unpaired) electrons. The van der Waals surface area contributed by atoms with Crippen LogP contribution in [0.3, 0.4) is 0 Å². The average molecular weight is 425 g/mol. The standard InChI is InChI=1S/C19H20N4OS.2ClH/c20-14-9-10-23(11-14)18(24)15-6-2-1-5-13(15)12-25-19-21-16-7-3-4-8-17(16)22-19;;/h1-8,14H,9-12,20H2,(H,21,22);2*1H/t14-;;/m1../s1. The molecular formula is C19H22Cl2N4OS. The summed E-state index contributed by atoms with van der Waals surface area (Å²) in [6.07, 6.45) is 0.877. The highest BCUT2D eigenvalue weighted by atomic mass is 35.5. The number of nitrogens with one attached hydrogen (secondary N) is 1. The SMILES string of the molecule is Cl.Cl.N[C@@H]1CCN(C(=O)c2ccccc2CSc2nc3ccccc3[nH]2)C1. The molecule has 1 saturated heterocycles. The predicted octanol–water partition coefficient (Wildman–Crippen LogP) is 3.87. The Labute approximate surface area is 174 Å². The van der Waals surface area contributed by atoms with Crippen LogP contribution in [0.1, 0.15) is 22.3 Å². The molecule has 0 bridgehead atoms. The number of carbonyl (C=O) groups excluding carboxylic acids is 1. The van der Waals surface area contributed by atoms with Gasteiger partial charge in [-0.05, 0) is 30.2 Å². The van der Waals surface area contributed by atoms with Crippen LogP contribution in [0.2, 0.25) is 0 Å². The van der Waals surface area contributed by atoms with Gasteiger partial charge in [-0.1, -0.05) is 42.1 Å². The highest BCUT2D eigenvalue weighted by Crippen LogP contribution is 2.25. The van der Waals surface area contributed by atoms with Crippen molar-refractivity contribution in [3.8, 4) is 0 Å². The molecule has 1 atom stereocenters. The van der Waals surface area contributed by atoms with Gasteiger partial charge < -0.3 is 15.6 Å². The molecule has 8 heteroatoms. The number of likely N-dealkylation sites (tertiary alicyclic amines) is 1. The number of fused-ring (bicyclic) bond motifs is 1. The first kappa shape index (κ1) is 21.6. The lowest BCUT2D eigenvalue weighted by molar-refractivity contribution is 0.0790. The molecule has 0 saturated carbocycles. The number of carbonyl (C=O) groups is 1. The number of amides is 1. The Hall–Kier alpha value is -1.73. The van der Waals surface area contributed by atoms with E-state index in [-0.39, 0.29) is 36.8 Å². The second kappa shape index (κ2) is 9.46. The van der Waals surface area contributed by atoms with Crippen molar-refractivity contribution in [3.63, 3.8) is 0 Å². The first-order valence-corrected chi connectivity index (χ1v) is 9.39. The third-order valence-electron chi connectivity index (χ3n) is 4.49. The zero-order valence-corrected chi connectivity index (χ0v) is 17.1. The molecule has 3 N–H and O–H groups in total. The van der Waals surface area contributed by atoms with Gasteiger partial charge in [0.1, 0.15) is 0 Å². The first-order chi connectivity index (χ1) is 12.2. The molecule has 4 rings (SSSR count). The lowest BCUT2D eigenvalue weighted by Crippen LogP contribution is -2.32. The van der Waals surface area contributed by atoms with Crippen LogP contribution in [-0.2, 0) is 5.75 Å². The third kappa shape index (κ3) is 4.76. The van der Waals surface area contributed by atoms with Gasteiger partial charge in [0.2, 0.25) is 0 Å². The number of hydrogen-bond donors (Lipinski definition) is 2. The largest absolute Gasteiger partial charge is 0.337 e. The molecule has 3 aromatic rings. The van der Waals surface area contributed by atoms with Gasteiger partial charge in [-0.15, -0.1) is 24.8 Å². The van der Waals surface area contributed by atoms with Crippen LogP contribution in [0.15, 0.2) is 53.7 Å². The highest BCUT2D eigenvalue weighted by Gasteiger charge is 2.25. The van der Waals surface area contributed by atoms with Gasteiger partial charge in [0.05, 0.1) is 11.0 Å². The molecule has 1 aromatic heterocycles. The van der Waals surface area contributed by atoms with Gasteiger partial charge in [-0.3, -0.25) is 4.79 Å². The van der Waals surface area contributed by atoms with Gasteiger partial charge in [-0.25, -0.2) is 4.98 Å². The molecular weight excluding hydrogens is 403 g/mol. The topological polar surface area (TPSA) is 75.0 Å². The summed E-state index contributed by atoms with van der Waals surface area (Å²) in [5.41, 5.74) is 9.72. The molecule has 0 unspecified atom stereocenters. The van der Waals surface area contributed by atoms with Crippen LogP contribution < -0.4 is 5.73 Å². The molecule has 1 aliphatic rings. The summed E-state index contributed by atoms with van der Waals surface area (Å²) in [4.78, 5) is 22.6. The summed E-state index contributed by atoms with van der Waals surface area (Å²) in [6, 6.07) is 15.9. The smallest absolute Gasteiger partial charge is 0.254 e. The number of imidazole rings is 1. The van der Waals surface area contributed by atoms with Crippen LogP contribution >= 0.6 is 36.6 Å². The van der Waals surface area contributed by atoms with Crippen molar-refractivity contribution in [2.75, 3.05) is 13.1 Å². The average Bonchev–Trinajstić information content (AvgIpc) is 3.25. The minimum absolute atomic E-state index is 0. The fraction of sp³-hybridized carbons (Fsp3) is 0.263. The molecule has 0 aliphatic carbocycles. The van der Waals surface area contributed by atoms with Crippen molar-refractivity contribution < 1.29 is 4.79 Å². The Morgan fingerprint density at radius 3 is 2.67 bits per heavy atom. The summed E-state index contributed by atoms with van der Waals surface area (Å²) in [5, 5.41) is 0.867. The molecule has 1 amide bonds. The van der Waals surface area contributed by atoms with Crippen molar-refractivity contribution in [3.05, 3.63) is 59.7 Å². The molecule has 1 aliphatic heterocycles. The fourth-order valence-electron chi connectivity index (χ4n) is 3.14. The molecule has 1 fully saturated rings. The second-order valence-corrected chi connectivity index (χ2v) is 7.27. The number of hydrogen-bond acceptors (Lipinski definition) is 4. The number of H-pyrrole nitrogens is 1. The zero-order valence-electron chi connectivity index (χ0n) is 14.6. The summed E-state index contributed by atoms with van der Waals surface area (Å²) < 4.78 is 0. The van der Waals surface area contributed by atoms with Crippen LogP contribution in [0.25, 0.3) is 11.0 Å². The molecule has 27 heavy (non-hydrogen) atoms. The zero-order chi connectivity index (χ0) is 17.2. The fourth-order valence-corrected chi connectivity index (χ4v) is 4.03. The van der Waals surface area contributed by atoms with Gasteiger partial charge in [0.15, 0.2) is 5.16 Å². The minimum atomic E-state index is 0. The van der Waals surface area contributed by atoms with Gasteiger partial charge in [-0.2, -0.15) is 0 Å². The third-order valence-corrected chi connectivity index (χ3v) is 5.41. The van der Waals surface area contributed by atoms with E-state index in [9.17, 15) is 4.79 Å². The summed E-state index contributed by atoms with van der Waals surface area (Å²) in [6.45, 7) is 1.38. The van der Waals surface area contributed by atoms with Crippen LogP contribution in [0, 0.1) is 0 Å². The Balaban J connectivity index is 0.00000131. The number of rotatable bonds is 4. The van der Waals surface area contributed by atoms with Crippen molar-refractivity contribution >= 4 is 53.5 Å². The maximum Gasteiger partial charge on any atom is 0.254 e. The molecule has 0 spiro atoms. The summed E-state index contributed by atoms with van der Waals surface area (Å²) >= 11 is 1.61. The van der Waals surface area contributed by atoms with Crippen LogP contribution in [0.4, 0.5) is 0 Å². The van der Waals surface area contributed by atoms with E-state index in [1.54, 1.807) is 11.8 Å². The van der Waals surface area contributed by atoms with E-state index in [0.29, 0.717) is 12.3 Å². The van der Waals surface area contributed by atoms with Gasteiger partial charge >= 0.3 is 0 Å². The van der Waals surface area contributed by atoms with Gasteiger partial charge in [0, 0.05) is 30.4 Å². The lowest BCUT2D eigenvalue weighted by Gasteiger charge is -2.17. The number of thioether (sulfide) groups is 1. The van der Waals surface area contributed by atoms with Crippen molar-refractivity contribution in [2.24, 2.45) is 5.73 Å². The molecule has 5 nitrogen and oxygen atoms in total. The van der Waals surface area contributed by atoms with Crippen LogP contribution in [-0.4, -0.2) is 39.9 Å². The number of nitrogens with zero attached hydrogens (tertiary/aromatic N) is 2. The monoisotopic (exact) mass is 424 g/mol. The number of para-hydroxylation sites is 2. The second-order valence-electron chi connectivity index (χ2n) is 6.30. The number of halogens is 2. The van der Waals surface area contributed by atoms with E-state index in [1.165, 1.54) is 0 Å². The quantitative estimate of drug-likeness (QED) is 0.623. The Morgan fingerprint density at radius 2 is 1.93 bits per heavy atom.